The van der Waals surface area contributed by atoms with Gasteiger partial charge in [0.2, 0.25) is 0 Å². The van der Waals surface area contributed by atoms with Crippen LogP contribution in [0.2, 0.25) is 0 Å². The van der Waals surface area contributed by atoms with Crippen LogP contribution in [0.25, 0.3) is 0 Å². The maximum atomic E-state index is 13.3. The zero-order chi connectivity index (χ0) is 13.1. The molecule has 2 rings (SSSR count). The summed E-state index contributed by atoms with van der Waals surface area (Å²) in [4.78, 5) is 15.7. The maximum Gasteiger partial charge on any atom is 0.273 e. The number of hydrogen-bond donors (Lipinski definition) is 1. The summed E-state index contributed by atoms with van der Waals surface area (Å²) < 4.78 is 14.9. The van der Waals surface area contributed by atoms with E-state index in [0.717, 1.165) is 6.07 Å². The molecule has 0 fully saturated rings. The number of benzene rings is 1. The molecule has 0 spiro atoms. The number of amides is 1. The summed E-state index contributed by atoms with van der Waals surface area (Å²) in [5, 5.41) is 11.3. The third-order valence-corrected chi connectivity index (χ3v) is 2.42. The van der Waals surface area contributed by atoms with Crippen LogP contribution in [0, 0.1) is 17.1 Å². The third kappa shape index (κ3) is 2.06. The minimum absolute atomic E-state index is 0.142. The molecule has 18 heavy (non-hydrogen) atoms. The molecule has 0 unspecified atom stereocenters. The summed E-state index contributed by atoms with van der Waals surface area (Å²) in [6, 6.07) is 5.78. The largest absolute Gasteiger partial charge is 0.330 e. The lowest BCUT2D eigenvalue weighted by Crippen LogP contribution is -2.16. The molecule has 5 nitrogen and oxygen atoms in total. The predicted octanol–water partition coefficient (Wildman–Crippen LogP) is 1.68. The molecule has 0 aliphatic rings. The molecule has 1 heterocycles. The number of anilines is 1. The molecule has 0 saturated carbocycles. The number of aromatic nitrogens is 2. The van der Waals surface area contributed by atoms with Gasteiger partial charge in [-0.3, -0.25) is 4.79 Å². The number of halogens is 1. The van der Waals surface area contributed by atoms with Crippen LogP contribution in [0.15, 0.2) is 30.7 Å². The van der Waals surface area contributed by atoms with Crippen molar-refractivity contribution in [2.75, 3.05) is 5.32 Å². The van der Waals surface area contributed by atoms with Gasteiger partial charge in [-0.15, -0.1) is 0 Å². The number of imidazole rings is 1. The lowest BCUT2D eigenvalue weighted by Gasteiger charge is -2.07. The highest BCUT2D eigenvalue weighted by atomic mass is 19.1. The molecular weight excluding hydrogens is 235 g/mol. The number of nitrogens with zero attached hydrogens (tertiary/aromatic N) is 3. The fourth-order valence-electron chi connectivity index (χ4n) is 1.50. The van der Waals surface area contributed by atoms with E-state index in [1.54, 1.807) is 13.1 Å². The van der Waals surface area contributed by atoms with Gasteiger partial charge in [0.25, 0.3) is 5.91 Å². The Balaban J connectivity index is 2.31. The van der Waals surface area contributed by atoms with E-state index in [1.165, 1.54) is 29.2 Å². The first-order valence-corrected chi connectivity index (χ1v) is 5.09. The number of carbonyl (C=O) groups excluding carboxylic acids is 1. The zero-order valence-electron chi connectivity index (χ0n) is 9.51. The van der Waals surface area contributed by atoms with Crippen LogP contribution in [0.3, 0.4) is 0 Å². The van der Waals surface area contributed by atoms with Gasteiger partial charge in [-0.05, 0) is 12.1 Å². The highest BCUT2D eigenvalue weighted by Gasteiger charge is 2.14. The number of nitrogens with one attached hydrogen (secondary N) is 1. The Morgan fingerprint density at radius 2 is 2.33 bits per heavy atom. The molecule has 1 aromatic carbocycles. The Kier molecular flexibility index (Phi) is 3.06. The monoisotopic (exact) mass is 244 g/mol. The molecule has 0 radical (unpaired) electrons. The molecule has 1 amide bonds. The van der Waals surface area contributed by atoms with Gasteiger partial charge in [-0.1, -0.05) is 6.07 Å². The van der Waals surface area contributed by atoms with Crippen molar-refractivity contribution in [1.29, 1.82) is 5.26 Å². The van der Waals surface area contributed by atoms with Gasteiger partial charge < -0.3 is 9.88 Å². The molecule has 0 aliphatic heterocycles. The lowest BCUT2D eigenvalue weighted by atomic mass is 10.2. The fraction of sp³-hybridized carbons (Fsp3) is 0.0833. The van der Waals surface area contributed by atoms with Crippen molar-refractivity contribution in [2.24, 2.45) is 7.05 Å². The van der Waals surface area contributed by atoms with E-state index in [-0.39, 0.29) is 11.3 Å². The van der Waals surface area contributed by atoms with Gasteiger partial charge in [0, 0.05) is 7.05 Å². The van der Waals surface area contributed by atoms with Crippen molar-refractivity contribution in [3.05, 3.63) is 47.8 Å². The smallest absolute Gasteiger partial charge is 0.273 e. The Morgan fingerprint density at radius 1 is 1.56 bits per heavy atom. The van der Waals surface area contributed by atoms with Crippen LogP contribution in [0.5, 0.6) is 0 Å². The fourth-order valence-corrected chi connectivity index (χ4v) is 1.50. The summed E-state index contributed by atoms with van der Waals surface area (Å²) in [5.41, 5.74) is 0.278. The number of nitriles is 1. The van der Waals surface area contributed by atoms with Crippen molar-refractivity contribution in [2.45, 2.75) is 0 Å². The van der Waals surface area contributed by atoms with Crippen LogP contribution in [-0.4, -0.2) is 15.5 Å². The summed E-state index contributed by atoms with van der Waals surface area (Å²) in [6.45, 7) is 0. The van der Waals surface area contributed by atoms with Gasteiger partial charge >= 0.3 is 0 Å². The quantitative estimate of drug-likeness (QED) is 0.873. The SMILES string of the molecule is Cn1cncc1C(=O)Nc1cccc(F)c1C#N. The first kappa shape index (κ1) is 11.8. The number of hydrogen-bond acceptors (Lipinski definition) is 3. The average molecular weight is 244 g/mol. The number of carbonyl (C=O) groups is 1. The topological polar surface area (TPSA) is 70.7 Å². The van der Waals surface area contributed by atoms with E-state index in [9.17, 15) is 9.18 Å². The molecule has 1 aromatic heterocycles. The van der Waals surface area contributed by atoms with Crippen LogP contribution in [0.1, 0.15) is 16.1 Å². The zero-order valence-corrected chi connectivity index (χ0v) is 9.51. The molecule has 0 aliphatic carbocycles. The van der Waals surface area contributed by atoms with Crippen molar-refractivity contribution in [1.82, 2.24) is 9.55 Å². The van der Waals surface area contributed by atoms with E-state index in [2.05, 4.69) is 10.3 Å². The average Bonchev–Trinajstić information content (AvgIpc) is 2.76. The molecule has 90 valence electrons. The minimum Gasteiger partial charge on any atom is -0.330 e. The first-order chi connectivity index (χ1) is 8.63. The van der Waals surface area contributed by atoms with Crippen molar-refractivity contribution >= 4 is 11.6 Å². The summed E-state index contributed by atoms with van der Waals surface area (Å²) in [5.74, 6) is -1.11. The Hall–Kier alpha value is -2.68. The van der Waals surface area contributed by atoms with E-state index in [1.807, 2.05) is 0 Å². The second kappa shape index (κ2) is 4.67. The highest BCUT2D eigenvalue weighted by Crippen LogP contribution is 2.18. The summed E-state index contributed by atoms with van der Waals surface area (Å²) in [7, 11) is 1.67. The van der Waals surface area contributed by atoms with E-state index in [0.29, 0.717) is 5.69 Å². The lowest BCUT2D eigenvalue weighted by molar-refractivity contribution is 0.101. The number of aryl methyl sites for hydroxylation is 1. The second-order valence-electron chi connectivity index (χ2n) is 3.62. The third-order valence-electron chi connectivity index (χ3n) is 2.42. The van der Waals surface area contributed by atoms with Crippen LogP contribution >= 0.6 is 0 Å². The van der Waals surface area contributed by atoms with Crippen molar-refractivity contribution in [3.63, 3.8) is 0 Å². The Labute approximate surface area is 102 Å². The first-order valence-electron chi connectivity index (χ1n) is 5.09. The Morgan fingerprint density at radius 3 is 2.94 bits per heavy atom. The normalized spacial score (nSPS) is 9.83. The van der Waals surface area contributed by atoms with Crippen LogP contribution in [0.4, 0.5) is 10.1 Å². The van der Waals surface area contributed by atoms with Crippen LogP contribution < -0.4 is 5.32 Å². The van der Waals surface area contributed by atoms with E-state index in [4.69, 9.17) is 5.26 Å². The molecule has 0 saturated heterocycles. The molecule has 2 aromatic rings. The molecule has 0 atom stereocenters. The Bertz CT molecular complexity index is 642. The van der Waals surface area contributed by atoms with Gasteiger partial charge in [-0.25, -0.2) is 9.37 Å². The molecule has 6 heteroatoms. The van der Waals surface area contributed by atoms with Crippen LogP contribution in [-0.2, 0) is 7.05 Å². The minimum atomic E-state index is -0.666. The van der Waals surface area contributed by atoms with Crippen molar-refractivity contribution < 1.29 is 9.18 Å². The molecule has 0 bridgehead atoms. The van der Waals surface area contributed by atoms with Gasteiger partial charge in [0.15, 0.2) is 0 Å². The van der Waals surface area contributed by atoms with Crippen molar-refractivity contribution in [3.8, 4) is 6.07 Å². The van der Waals surface area contributed by atoms with Gasteiger partial charge in [-0.2, -0.15) is 5.26 Å². The maximum absolute atomic E-state index is 13.3. The van der Waals surface area contributed by atoms with E-state index < -0.39 is 11.7 Å². The summed E-state index contributed by atoms with van der Waals surface area (Å²) >= 11 is 0. The predicted molar refractivity (Wildman–Crippen MR) is 62.3 cm³/mol. The number of rotatable bonds is 2. The standard InChI is InChI=1S/C12H9FN4O/c1-17-7-15-6-11(17)12(18)16-10-4-2-3-9(13)8(10)5-14/h2-4,6-7H,1H3,(H,16,18). The van der Waals surface area contributed by atoms with Gasteiger partial charge in [0.05, 0.1) is 18.2 Å². The van der Waals surface area contributed by atoms with Gasteiger partial charge in [0.1, 0.15) is 23.1 Å². The summed E-state index contributed by atoms with van der Waals surface area (Å²) in [6.07, 6.45) is 2.87. The molecule has 1 N–H and O–H groups in total. The highest BCUT2D eigenvalue weighted by molar-refractivity contribution is 6.03. The van der Waals surface area contributed by atoms with E-state index >= 15 is 0 Å². The second-order valence-corrected chi connectivity index (χ2v) is 3.62. The molecular formula is C12H9FN4O.